The zero-order chi connectivity index (χ0) is 13.9. The van der Waals surface area contributed by atoms with Crippen molar-refractivity contribution in [2.45, 2.75) is 12.8 Å². The molecule has 0 atom stereocenters. The number of rotatable bonds is 9. The lowest BCUT2D eigenvalue weighted by Crippen LogP contribution is -2.35. The second kappa shape index (κ2) is 9.47. The van der Waals surface area contributed by atoms with Gasteiger partial charge in [-0.1, -0.05) is 18.2 Å². The molecule has 2 N–H and O–H groups in total. The smallest absolute Gasteiger partial charge is 0.233 e. The highest BCUT2D eigenvalue weighted by Gasteiger charge is 2.02. The summed E-state index contributed by atoms with van der Waals surface area (Å²) >= 11 is 0. The summed E-state index contributed by atoms with van der Waals surface area (Å²) in [4.78, 5) is 11.5. The van der Waals surface area contributed by atoms with Crippen molar-refractivity contribution in [2.75, 3.05) is 33.4 Å². The van der Waals surface area contributed by atoms with Crippen molar-refractivity contribution < 1.29 is 13.9 Å². The Kier molecular flexibility index (Phi) is 7.77. The molecule has 0 aromatic heterocycles. The normalized spacial score (nSPS) is 10.4. The number of carbonyl (C=O) groups excluding carboxylic acids is 1. The average molecular weight is 268 g/mol. The summed E-state index contributed by atoms with van der Waals surface area (Å²) in [6.07, 6.45) is 1.38. The van der Waals surface area contributed by atoms with Crippen LogP contribution in [0.2, 0.25) is 0 Å². The van der Waals surface area contributed by atoms with Gasteiger partial charge in [-0.05, 0) is 31.0 Å². The minimum atomic E-state index is -0.227. The van der Waals surface area contributed by atoms with Crippen LogP contribution in [0.4, 0.5) is 4.39 Å². The molecule has 0 bridgehead atoms. The molecular weight excluding hydrogens is 247 g/mol. The molecule has 0 spiro atoms. The monoisotopic (exact) mass is 268 g/mol. The van der Waals surface area contributed by atoms with Crippen LogP contribution in [0.1, 0.15) is 12.0 Å². The SMILES string of the molecule is COCCCNCC(=O)NCCc1ccccc1F. The maximum atomic E-state index is 13.3. The molecule has 0 aliphatic carbocycles. The Bertz CT molecular complexity index is 385. The molecule has 0 saturated carbocycles. The van der Waals surface area contributed by atoms with Crippen molar-refractivity contribution in [1.29, 1.82) is 0 Å². The van der Waals surface area contributed by atoms with Crippen molar-refractivity contribution in [1.82, 2.24) is 10.6 Å². The maximum Gasteiger partial charge on any atom is 0.233 e. The van der Waals surface area contributed by atoms with Crippen LogP contribution >= 0.6 is 0 Å². The Morgan fingerprint density at radius 1 is 1.32 bits per heavy atom. The number of amides is 1. The molecule has 0 unspecified atom stereocenters. The number of nitrogens with one attached hydrogen (secondary N) is 2. The average Bonchev–Trinajstić information content (AvgIpc) is 2.41. The summed E-state index contributed by atoms with van der Waals surface area (Å²) in [5.41, 5.74) is 0.621. The van der Waals surface area contributed by atoms with Gasteiger partial charge in [-0.2, -0.15) is 0 Å². The fourth-order valence-electron chi connectivity index (χ4n) is 1.64. The number of benzene rings is 1. The number of carbonyl (C=O) groups is 1. The highest BCUT2D eigenvalue weighted by molar-refractivity contribution is 5.77. The van der Waals surface area contributed by atoms with Crippen molar-refractivity contribution in [3.8, 4) is 0 Å². The van der Waals surface area contributed by atoms with Gasteiger partial charge in [0, 0.05) is 20.3 Å². The van der Waals surface area contributed by atoms with Gasteiger partial charge in [0.15, 0.2) is 0 Å². The van der Waals surface area contributed by atoms with Gasteiger partial charge in [-0.25, -0.2) is 4.39 Å². The third-order valence-corrected chi connectivity index (χ3v) is 2.66. The van der Waals surface area contributed by atoms with Crippen LogP contribution in [0.5, 0.6) is 0 Å². The standard InChI is InChI=1S/C14H21FN2O2/c1-19-10-4-8-16-11-14(18)17-9-7-12-5-2-3-6-13(12)15/h2-3,5-6,16H,4,7-11H2,1H3,(H,17,18). The Morgan fingerprint density at radius 3 is 2.84 bits per heavy atom. The summed E-state index contributed by atoms with van der Waals surface area (Å²) in [6.45, 7) is 2.15. The molecular formula is C14H21FN2O2. The molecule has 0 fully saturated rings. The van der Waals surface area contributed by atoms with Gasteiger partial charge in [0.2, 0.25) is 5.91 Å². The molecule has 1 amide bonds. The fraction of sp³-hybridized carbons (Fsp3) is 0.500. The van der Waals surface area contributed by atoms with Gasteiger partial charge < -0.3 is 15.4 Å². The largest absolute Gasteiger partial charge is 0.385 e. The minimum absolute atomic E-state index is 0.0752. The lowest BCUT2D eigenvalue weighted by Gasteiger charge is -2.07. The van der Waals surface area contributed by atoms with E-state index in [0.717, 1.165) is 13.0 Å². The highest BCUT2D eigenvalue weighted by atomic mass is 19.1. The van der Waals surface area contributed by atoms with Crippen LogP contribution in [-0.4, -0.2) is 39.3 Å². The zero-order valence-corrected chi connectivity index (χ0v) is 11.2. The van der Waals surface area contributed by atoms with Crippen molar-refractivity contribution >= 4 is 5.91 Å². The van der Waals surface area contributed by atoms with E-state index >= 15 is 0 Å². The topological polar surface area (TPSA) is 50.4 Å². The molecule has 106 valence electrons. The third kappa shape index (κ3) is 6.88. The first-order valence-corrected chi connectivity index (χ1v) is 6.44. The molecule has 1 rings (SSSR count). The van der Waals surface area contributed by atoms with Crippen LogP contribution in [0.3, 0.4) is 0 Å². The second-order valence-electron chi connectivity index (χ2n) is 4.21. The number of ether oxygens (including phenoxy) is 1. The first kappa shape index (κ1) is 15.6. The molecule has 0 aliphatic heterocycles. The number of hydrogen-bond acceptors (Lipinski definition) is 3. The Morgan fingerprint density at radius 2 is 2.11 bits per heavy atom. The van der Waals surface area contributed by atoms with E-state index in [2.05, 4.69) is 10.6 Å². The van der Waals surface area contributed by atoms with Gasteiger partial charge in [0.05, 0.1) is 6.54 Å². The number of halogens is 1. The molecule has 4 nitrogen and oxygen atoms in total. The van der Waals surface area contributed by atoms with E-state index in [1.165, 1.54) is 6.07 Å². The summed E-state index contributed by atoms with van der Waals surface area (Å²) < 4.78 is 18.2. The van der Waals surface area contributed by atoms with Crippen molar-refractivity contribution in [3.05, 3.63) is 35.6 Å². The minimum Gasteiger partial charge on any atom is -0.385 e. The summed E-state index contributed by atoms with van der Waals surface area (Å²) in [7, 11) is 1.65. The van der Waals surface area contributed by atoms with Crippen LogP contribution in [-0.2, 0) is 16.0 Å². The quantitative estimate of drug-likeness (QED) is 0.660. The lowest BCUT2D eigenvalue weighted by atomic mass is 10.1. The Hall–Kier alpha value is -1.46. The van der Waals surface area contributed by atoms with Crippen molar-refractivity contribution in [2.24, 2.45) is 0 Å². The van der Waals surface area contributed by atoms with Crippen LogP contribution in [0, 0.1) is 5.82 Å². The van der Waals surface area contributed by atoms with Crippen LogP contribution in [0.25, 0.3) is 0 Å². The van der Waals surface area contributed by atoms with Crippen molar-refractivity contribution in [3.63, 3.8) is 0 Å². The first-order chi connectivity index (χ1) is 9.24. The fourth-order valence-corrected chi connectivity index (χ4v) is 1.64. The predicted octanol–water partition coefficient (Wildman–Crippen LogP) is 1.11. The van der Waals surface area contributed by atoms with E-state index in [4.69, 9.17) is 4.74 Å². The summed E-state index contributed by atoms with van der Waals surface area (Å²) in [5, 5.41) is 5.76. The van der Waals surface area contributed by atoms with E-state index < -0.39 is 0 Å². The number of methoxy groups -OCH3 is 1. The van der Waals surface area contributed by atoms with E-state index in [-0.39, 0.29) is 18.3 Å². The van der Waals surface area contributed by atoms with Gasteiger partial charge in [0.1, 0.15) is 5.82 Å². The summed E-state index contributed by atoms with van der Waals surface area (Å²) in [5.74, 6) is -0.303. The third-order valence-electron chi connectivity index (χ3n) is 2.66. The molecule has 0 radical (unpaired) electrons. The van der Waals surface area contributed by atoms with Gasteiger partial charge in [0.25, 0.3) is 0 Å². The van der Waals surface area contributed by atoms with Gasteiger partial charge in [-0.3, -0.25) is 4.79 Å². The summed E-state index contributed by atoms with van der Waals surface area (Å²) in [6, 6.07) is 6.60. The zero-order valence-electron chi connectivity index (χ0n) is 11.2. The Labute approximate surface area is 113 Å². The van der Waals surface area contributed by atoms with E-state index in [9.17, 15) is 9.18 Å². The van der Waals surface area contributed by atoms with Crippen LogP contribution in [0.15, 0.2) is 24.3 Å². The molecule has 19 heavy (non-hydrogen) atoms. The first-order valence-electron chi connectivity index (χ1n) is 6.44. The van der Waals surface area contributed by atoms with E-state index in [1.807, 2.05) is 0 Å². The molecule has 1 aromatic rings. The Balaban J connectivity index is 2.09. The molecule has 0 aliphatic rings. The number of hydrogen-bond donors (Lipinski definition) is 2. The van der Waals surface area contributed by atoms with E-state index in [0.29, 0.717) is 25.1 Å². The molecule has 1 aromatic carbocycles. The molecule has 5 heteroatoms. The molecule has 0 saturated heterocycles. The highest BCUT2D eigenvalue weighted by Crippen LogP contribution is 2.05. The predicted molar refractivity (Wildman–Crippen MR) is 72.5 cm³/mol. The second-order valence-corrected chi connectivity index (χ2v) is 4.21. The maximum absolute atomic E-state index is 13.3. The van der Waals surface area contributed by atoms with Gasteiger partial charge >= 0.3 is 0 Å². The lowest BCUT2D eigenvalue weighted by molar-refractivity contribution is -0.120. The van der Waals surface area contributed by atoms with E-state index in [1.54, 1.807) is 25.3 Å². The van der Waals surface area contributed by atoms with Crippen LogP contribution < -0.4 is 10.6 Å². The van der Waals surface area contributed by atoms with Gasteiger partial charge in [-0.15, -0.1) is 0 Å². The molecule has 0 heterocycles.